The highest BCUT2D eigenvalue weighted by atomic mass is 79.9. The summed E-state index contributed by atoms with van der Waals surface area (Å²) in [6, 6.07) is 9.99. The fraction of sp³-hybridized carbons (Fsp3) is 0.0769. The molecule has 0 atom stereocenters. The van der Waals surface area contributed by atoms with E-state index in [0.29, 0.717) is 12.3 Å². The van der Waals surface area contributed by atoms with Crippen LogP contribution in [0.3, 0.4) is 0 Å². The van der Waals surface area contributed by atoms with Gasteiger partial charge in [0.1, 0.15) is 5.75 Å². The summed E-state index contributed by atoms with van der Waals surface area (Å²) >= 11 is 6.64. The van der Waals surface area contributed by atoms with Gasteiger partial charge in [0.15, 0.2) is 11.6 Å². The van der Waals surface area contributed by atoms with Crippen molar-refractivity contribution in [3.8, 4) is 11.5 Å². The summed E-state index contributed by atoms with van der Waals surface area (Å²) in [6.07, 6.45) is 0. The van der Waals surface area contributed by atoms with Crippen molar-refractivity contribution in [3.63, 3.8) is 0 Å². The Kier molecular flexibility index (Phi) is 4.37. The monoisotopic (exact) mass is 373 g/mol. The molecule has 0 bridgehead atoms. The van der Waals surface area contributed by atoms with E-state index in [1.807, 2.05) is 6.07 Å². The normalized spacial score (nSPS) is 10.4. The van der Waals surface area contributed by atoms with Gasteiger partial charge < -0.3 is 10.5 Å². The second kappa shape index (κ2) is 5.82. The van der Waals surface area contributed by atoms with Crippen LogP contribution in [0.4, 0.5) is 4.39 Å². The van der Waals surface area contributed by atoms with Gasteiger partial charge in [0, 0.05) is 15.5 Å². The fourth-order valence-corrected chi connectivity index (χ4v) is 2.34. The van der Waals surface area contributed by atoms with E-state index < -0.39 is 5.82 Å². The molecule has 2 N–H and O–H groups in total. The van der Waals surface area contributed by atoms with E-state index >= 15 is 0 Å². The molecule has 2 nitrogen and oxygen atoms in total. The molecule has 0 spiro atoms. The third-order valence-electron chi connectivity index (χ3n) is 2.29. The van der Waals surface area contributed by atoms with E-state index in [-0.39, 0.29) is 5.75 Å². The molecule has 0 unspecified atom stereocenters. The molecule has 0 saturated carbocycles. The Morgan fingerprint density at radius 3 is 2.56 bits per heavy atom. The van der Waals surface area contributed by atoms with Crippen molar-refractivity contribution in [1.82, 2.24) is 0 Å². The van der Waals surface area contributed by atoms with Crippen LogP contribution in [-0.4, -0.2) is 0 Å². The molecular weight excluding hydrogens is 365 g/mol. The number of benzene rings is 2. The van der Waals surface area contributed by atoms with Crippen molar-refractivity contribution in [1.29, 1.82) is 0 Å². The van der Waals surface area contributed by atoms with Crippen molar-refractivity contribution in [3.05, 3.63) is 56.7 Å². The zero-order valence-electron chi connectivity index (χ0n) is 9.29. The lowest BCUT2D eigenvalue weighted by Gasteiger charge is -2.09. The first-order valence-electron chi connectivity index (χ1n) is 5.21. The minimum absolute atomic E-state index is 0.172. The molecular formula is C13H10Br2FNO. The van der Waals surface area contributed by atoms with E-state index in [2.05, 4.69) is 31.9 Å². The van der Waals surface area contributed by atoms with Gasteiger partial charge in [-0.1, -0.05) is 31.9 Å². The average molecular weight is 375 g/mol. The van der Waals surface area contributed by atoms with Gasteiger partial charge in [-0.3, -0.25) is 0 Å². The molecule has 0 fully saturated rings. The molecule has 2 rings (SSSR count). The van der Waals surface area contributed by atoms with E-state index in [1.54, 1.807) is 24.3 Å². The Morgan fingerprint density at radius 2 is 1.83 bits per heavy atom. The molecule has 0 aliphatic rings. The van der Waals surface area contributed by atoms with Crippen LogP contribution in [0.5, 0.6) is 11.5 Å². The molecule has 0 aliphatic heterocycles. The number of ether oxygens (including phenoxy) is 1. The van der Waals surface area contributed by atoms with Crippen molar-refractivity contribution in [2.75, 3.05) is 0 Å². The highest BCUT2D eigenvalue weighted by Gasteiger charge is 2.07. The third kappa shape index (κ3) is 3.31. The van der Waals surface area contributed by atoms with E-state index in [9.17, 15) is 4.39 Å². The maximum atomic E-state index is 13.6. The predicted molar refractivity (Wildman–Crippen MR) is 76.2 cm³/mol. The molecule has 2 aromatic carbocycles. The second-order valence-electron chi connectivity index (χ2n) is 3.68. The van der Waals surface area contributed by atoms with Gasteiger partial charge >= 0.3 is 0 Å². The first-order valence-corrected chi connectivity index (χ1v) is 6.79. The first-order chi connectivity index (χ1) is 8.58. The maximum Gasteiger partial charge on any atom is 0.165 e. The lowest BCUT2D eigenvalue weighted by molar-refractivity contribution is 0.441. The quantitative estimate of drug-likeness (QED) is 0.851. The highest BCUT2D eigenvalue weighted by Crippen LogP contribution is 2.30. The molecule has 0 heterocycles. The molecule has 0 aliphatic carbocycles. The topological polar surface area (TPSA) is 35.2 Å². The van der Waals surface area contributed by atoms with Crippen molar-refractivity contribution in [2.24, 2.45) is 5.73 Å². The van der Waals surface area contributed by atoms with Crippen LogP contribution in [-0.2, 0) is 6.54 Å². The summed E-state index contributed by atoms with van der Waals surface area (Å²) in [7, 11) is 0. The van der Waals surface area contributed by atoms with Gasteiger partial charge in [0.2, 0.25) is 0 Å². The fourth-order valence-electron chi connectivity index (χ4n) is 1.48. The zero-order valence-corrected chi connectivity index (χ0v) is 12.5. The summed E-state index contributed by atoms with van der Waals surface area (Å²) in [4.78, 5) is 0. The van der Waals surface area contributed by atoms with E-state index in [0.717, 1.165) is 14.5 Å². The van der Waals surface area contributed by atoms with Crippen LogP contribution in [0.1, 0.15) is 5.56 Å². The van der Waals surface area contributed by atoms with Crippen LogP contribution in [0.15, 0.2) is 45.3 Å². The van der Waals surface area contributed by atoms with Crippen LogP contribution < -0.4 is 10.5 Å². The van der Waals surface area contributed by atoms with Crippen molar-refractivity contribution < 1.29 is 9.13 Å². The van der Waals surface area contributed by atoms with E-state index in [1.165, 1.54) is 6.07 Å². The van der Waals surface area contributed by atoms with Gasteiger partial charge in [-0.25, -0.2) is 4.39 Å². The van der Waals surface area contributed by atoms with Crippen molar-refractivity contribution >= 4 is 31.9 Å². The summed E-state index contributed by atoms with van der Waals surface area (Å²) < 4.78 is 20.7. The molecule has 94 valence electrons. The lowest BCUT2D eigenvalue weighted by Crippen LogP contribution is -1.97. The first kappa shape index (κ1) is 13.5. The van der Waals surface area contributed by atoms with Gasteiger partial charge in [0.25, 0.3) is 0 Å². The summed E-state index contributed by atoms with van der Waals surface area (Å²) in [5.41, 5.74) is 6.49. The number of hydrogen-bond donors (Lipinski definition) is 1. The molecule has 5 heteroatoms. The summed E-state index contributed by atoms with van der Waals surface area (Å²) in [6.45, 7) is 0.400. The number of rotatable bonds is 3. The summed E-state index contributed by atoms with van der Waals surface area (Å²) in [5, 5.41) is 0. The molecule has 0 saturated heterocycles. The Hall–Kier alpha value is -0.910. The Morgan fingerprint density at radius 1 is 1.06 bits per heavy atom. The summed E-state index contributed by atoms with van der Waals surface area (Å²) in [5.74, 6) is 0.305. The second-order valence-corrected chi connectivity index (χ2v) is 5.51. The van der Waals surface area contributed by atoms with Gasteiger partial charge in [0.05, 0.1) is 0 Å². The zero-order chi connectivity index (χ0) is 13.1. The minimum Gasteiger partial charge on any atom is -0.454 e. The Bertz CT molecular complexity index is 575. The maximum absolute atomic E-state index is 13.6. The van der Waals surface area contributed by atoms with Crippen LogP contribution in [0.25, 0.3) is 0 Å². The van der Waals surface area contributed by atoms with Crippen LogP contribution in [0, 0.1) is 5.82 Å². The Labute approximate surface area is 121 Å². The largest absolute Gasteiger partial charge is 0.454 e. The lowest BCUT2D eigenvalue weighted by atomic mass is 10.2. The predicted octanol–water partition coefficient (Wildman–Crippen LogP) is 4.60. The number of halogens is 3. The standard InChI is InChI=1S/C13H10Br2FNO/c14-9-1-2-12(16)13(6-9)18-11-4-8(7-17)3-10(15)5-11/h1-6H,7,17H2. The minimum atomic E-state index is -0.410. The van der Waals surface area contributed by atoms with Crippen LogP contribution in [0.2, 0.25) is 0 Å². The van der Waals surface area contributed by atoms with Crippen LogP contribution >= 0.6 is 31.9 Å². The molecule has 0 radical (unpaired) electrons. The van der Waals surface area contributed by atoms with Gasteiger partial charge in [-0.2, -0.15) is 0 Å². The highest BCUT2D eigenvalue weighted by molar-refractivity contribution is 9.10. The van der Waals surface area contributed by atoms with E-state index in [4.69, 9.17) is 10.5 Å². The van der Waals surface area contributed by atoms with Gasteiger partial charge in [-0.05, 0) is 42.0 Å². The number of hydrogen-bond acceptors (Lipinski definition) is 2. The third-order valence-corrected chi connectivity index (χ3v) is 3.24. The Balaban J connectivity index is 2.33. The smallest absolute Gasteiger partial charge is 0.165 e. The molecule has 0 amide bonds. The average Bonchev–Trinajstić information content (AvgIpc) is 2.33. The molecule has 18 heavy (non-hydrogen) atoms. The SMILES string of the molecule is NCc1cc(Br)cc(Oc2cc(Br)ccc2F)c1. The van der Waals surface area contributed by atoms with Gasteiger partial charge in [-0.15, -0.1) is 0 Å². The molecule has 2 aromatic rings. The number of nitrogens with two attached hydrogens (primary N) is 1. The van der Waals surface area contributed by atoms with Crippen molar-refractivity contribution in [2.45, 2.75) is 6.54 Å². The molecule has 0 aromatic heterocycles.